The van der Waals surface area contributed by atoms with Crippen molar-refractivity contribution in [1.29, 1.82) is 0 Å². The molecule has 2 aromatic carbocycles. The standard InChI is InChI=1S/C24H31N3O2/c1-4-26(5-2)17-19-11-13-20(14-12-19)23(28)25-21-10-8-9-18(3)22(21)24(29)27-15-6-7-16-27/h8-14H,4-7,15-17H2,1-3H3,(H,25,28). The number of likely N-dealkylation sites (tertiary alicyclic amines) is 1. The molecule has 0 saturated carbocycles. The Hall–Kier alpha value is -2.66. The molecule has 154 valence electrons. The van der Waals surface area contributed by atoms with Gasteiger partial charge in [0.15, 0.2) is 0 Å². The van der Waals surface area contributed by atoms with Crippen molar-refractivity contribution in [2.45, 2.75) is 40.2 Å². The van der Waals surface area contributed by atoms with E-state index in [2.05, 4.69) is 24.1 Å². The number of amides is 2. The van der Waals surface area contributed by atoms with Gasteiger partial charge in [-0.15, -0.1) is 0 Å². The van der Waals surface area contributed by atoms with E-state index in [1.165, 1.54) is 5.56 Å². The van der Waals surface area contributed by atoms with E-state index in [0.717, 1.165) is 51.1 Å². The van der Waals surface area contributed by atoms with Gasteiger partial charge < -0.3 is 10.2 Å². The first-order chi connectivity index (χ1) is 14.0. The van der Waals surface area contributed by atoms with Crippen molar-refractivity contribution in [3.05, 3.63) is 64.7 Å². The molecule has 0 aliphatic carbocycles. The van der Waals surface area contributed by atoms with Crippen LogP contribution in [0.2, 0.25) is 0 Å². The van der Waals surface area contributed by atoms with Crippen molar-refractivity contribution < 1.29 is 9.59 Å². The summed E-state index contributed by atoms with van der Waals surface area (Å²) >= 11 is 0. The topological polar surface area (TPSA) is 52.7 Å². The number of rotatable bonds is 7. The molecule has 0 radical (unpaired) electrons. The zero-order valence-electron chi connectivity index (χ0n) is 17.7. The molecule has 0 atom stereocenters. The fourth-order valence-corrected chi connectivity index (χ4v) is 3.80. The molecule has 1 fully saturated rings. The first-order valence-electron chi connectivity index (χ1n) is 10.5. The van der Waals surface area contributed by atoms with Gasteiger partial charge in [0.05, 0.1) is 11.3 Å². The Morgan fingerprint density at radius 1 is 1.00 bits per heavy atom. The third kappa shape index (κ3) is 5.04. The third-order valence-electron chi connectivity index (χ3n) is 5.64. The number of nitrogens with zero attached hydrogens (tertiary/aromatic N) is 2. The number of anilines is 1. The van der Waals surface area contributed by atoms with Gasteiger partial charge in [-0.1, -0.05) is 38.1 Å². The van der Waals surface area contributed by atoms with Crippen LogP contribution in [0.4, 0.5) is 5.69 Å². The van der Waals surface area contributed by atoms with Gasteiger partial charge in [-0.05, 0) is 62.2 Å². The summed E-state index contributed by atoms with van der Waals surface area (Å²) in [7, 11) is 0. The van der Waals surface area contributed by atoms with Crippen LogP contribution in [0.15, 0.2) is 42.5 Å². The molecule has 5 nitrogen and oxygen atoms in total. The number of hydrogen-bond donors (Lipinski definition) is 1. The molecule has 1 aliphatic heterocycles. The number of benzene rings is 2. The van der Waals surface area contributed by atoms with Crippen molar-refractivity contribution in [3.63, 3.8) is 0 Å². The van der Waals surface area contributed by atoms with Crippen LogP contribution in [0.25, 0.3) is 0 Å². The summed E-state index contributed by atoms with van der Waals surface area (Å²) in [6, 6.07) is 13.3. The van der Waals surface area contributed by atoms with Crippen molar-refractivity contribution in [2.75, 3.05) is 31.5 Å². The normalized spacial score (nSPS) is 13.7. The number of aryl methyl sites for hydroxylation is 1. The number of hydrogen-bond acceptors (Lipinski definition) is 3. The molecule has 29 heavy (non-hydrogen) atoms. The Morgan fingerprint density at radius 2 is 1.66 bits per heavy atom. The Kier molecular flexibility index (Phi) is 7.04. The second kappa shape index (κ2) is 9.70. The molecule has 5 heteroatoms. The summed E-state index contributed by atoms with van der Waals surface area (Å²) in [5, 5.41) is 2.96. The molecule has 1 N–H and O–H groups in total. The van der Waals surface area contributed by atoms with Crippen LogP contribution >= 0.6 is 0 Å². The van der Waals surface area contributed by atoms with Crippen LogP contribution in [0.1, 0.15) is 58.5 Å². The van der Waals surface area contributed by atoms with Gasteiger partial charge in [0.1, 0.15) is 0 Å². The highest BCUT2D eigenvalue weighted by molar-refractivity contribution is 6.09. The minimum Gasteiger partial charge on any atom is -0.339 e. The minimum absolute atomic E-state index is 0.00507. The van der Waals surface area contributed by atoms with E-state index in [-0.39, 0.29) is 11.8 Å². The molecule has 0 unspecified atom stereocenters. The quantitative estimate of drug-likeness (QED) is 0.762. The minimum atomic E-state index is -0.194. The first-order valence-corrected chi connectivity index (χ1v) is 10.5. The van der Waals surface area contributed by atoms with E-state index in [1.54, 1.807) is 0 Å². The summed E-state index contributed by atoms with van der Waals surface area (Å²) in [4.78, 5) is 30.0. The van der Waals surface area contributed by atoms with Gasteiger partial charge in [0.25, 0.3) is 11.8 Å². The molecule has 0 bridgehead atoms. The maximum atomic E-state index is 13.0. The van der Waals surface area contributed by atoms with Gasteiger partial charge >= 0.3 is 0 Å². The average molecular weight is 394 g/mol. The molecular formula is C24H31N3O2. The van der Waals surface area contributed by atoms with E-state index in [4.69, 9.17) is 0 Å². The van der Waals surface area contributed by atoms with Crippen LogP contribution in [0.3, 0.4) is 0 Å². The molecule has 2 amide bonds. The largest absolute Gasteiger partial charge is 0.339 e. The molecule has 3 rings (SSSR count). The highest BCUT2D eigenvalue weighted by Gasteiger charge is 2.24. The molecule has 0 aromatic heterocycles. The van der Waals surface area contributed by atoms with Crippen LogP contribution in [0.5, 0.6) is 0 Å². The lowest BCUT2D eigenvalue weighted by molar-refractivity contribution is 0.0793. The lowest BCUT2D eigenvalue weighted by Crippen LogP contribution is -2.29. The Balaban J connectivity index is 1.75. The number of carbonyl (C=O) groups excluding carboxylic acids is 2. The Labute approximate surface area is 173 Å². The second-order valence-electron chi connectivity index (χ2n) is 7.61. The van der Waals surface area contributed by atoms with E-state index in [0.29, 0.717) is 16.8 Å². The van der Waals surface area contributed by atoms with Crippen molar-refractivity contribution in [1.82, 2.24) is 9.80 Å². The lowest BCUT2D eigenvalue weighted by Gasteiger charge is -2.20. The smallest absolute Gasteiger partial charge is 0.256 e. The van der Waals surface area contributed by atoms with Crippen molar-refractivity contribution in [3.8, 4) is 0 Å². The van der Waals surface area contributed by atoms with Gasteiger partial charge in [-0.3, -0.25) is 14.5 Å². The second-order valence-corrected chi connectivity index (χ2v) is 7.61. The summed E-state index contributed by atoms with van der Waals surface area (Å²) in [6.45, 7) is 10.7. The fourth-order valence-electron chi connectivity index (χ4n) is 3.80. The fraction of sp³-hybridized carbons (Fsp3) is 0.417. The third-order valence-corrected chi connectivity index (χ3v) is 5.64. The molecule has 2 aromatic rings. The Morgan fingerprint density at radius 3 is 2.28 bits per heavy atom. The lowest BCUT2D eigenvalue weighted by atomic mass is 10.0. The molecule has 0 spiro atoms. The highest BCUT2D eigenvalue weighted by atomic mass is 16.2. The van der Waals surface area contributed by atoms with Crippen molar-refractivity contribution >= 4 is 17.5 Å². The van der Waals surface area contributed by atoms with Crippen LogP contribution in [0, 0.1) is 6.92 Å². The zero-order valence-corrected chi connectivity index (χ0v) is 17.7. The maximum Gasteiger partial charge on any atom is 0.256 e. The summed E-state index contributed by atoms with van der Waals surface area (Å²) in [5.74, 6) is -0.189. The molecule has 1 aliphatic rings. The van der Waals surface area contributed by atoms with Crippen LogP contribution < -0.4 is 5.32 Å². The highest BCUT2D eigenvalue weighted by Crippen LogP contribution is 2.24. The number of carbonyl (C=O) groups is 2. The maximum absolute atomic E-state index is 13.0. The first kappa shape index (κ1) is 21.1. The van der Waals surface area contributed by atoms with E-state index in [1.807, 2.05) is 54.3 Å². The van der Waals surface area contributed by atoms with Crippen molar-refractivity contribution in [2.24, 2.45) is 0 Å². The zero-order chi connectivity index (χ0) is 20.8. The molecule has 1 heterocycles. The molecular weight excluding hydrogens is 362 g/mol. The van der Waals surface area contributed by atoms with E-state index >= 15 is 0 Å². The van der Waals surface area contributed by atoms with Gasteiger partial charge in [-0.2, -0.15) is 0 Å². The number of nitrogens with one attached hydrogen (secondary N) is 1. The van der Waals surface area contributed by atoms with E-state index in [9.17, 15) is 9.59 Å². The van der Waals surface area contributed by atoms with Gasteiger partial charge in [-0.25, -0.2) is 0 Å². The Bertz CT molecular complexity index is 851. The van der Waals surface area contributed by atoms with E-state index < -0.39 is 0 Å². The van der Waals surface area contributed by atoms with Gasteiger partial charge in [0.2, 0.25) is 0 Å². The molecule has 1 saturated heterocycles. The predicted octanol–water partition coefficient (Wildman–Crippen LogP) is 4.33. The monoisotopic (exact) mass is 393 g/mol. The summed E-state index contributed by atoms with van der Waals surface area (Å²) < 4.78 is 0. The summed E-state index contributed by atoms with van der Waals surface area (Å²) in [6.07, 6.45) is 2.08. The van der Waals surface area contributed by atoms with Crippen LogP contribution in [-0.2, 0) is 6.54 Å². The van der Waals surface area contributed by atoms with Gasteiger partial charge in [0, 0.05) is 25.2 Å². The van der Waals surface area contributed by atoms with Crippen LogP contribution in [-0.4, -0.2) is 47.8 Å². The summed E-state index contributed by atoms with van der Waals surface area (Å²) in [5.41, 5.74) is 3.84. The average Bonchev–Trinajstić information content (AvgIpc) is 3.27. The predicted molar refractivity (Wildman–Crippen MR) is 117 cm³/mol. The SMILES string of the molecule is CCN(CC)Cc1ccc(C(=O)Nc2cccc(C)c2C(=O)N2CCCC2)cc1.